The first-order valence-corrected chi connectivity index (χ1v) is 11.2. The van der Waals surface area contributed by atoms with Crippen molar-refractivity contribution >= 4 is 35.2 Å². The van der Waals surface area contributed by atoms with Crippen molar-refractivity contribution in [3.05, 3.63) is 33.8 Å². The van der Waals surface area contributed by atoms with Gasteiger partial charge in [0.25, 0.3) is 0 Å². The van der Waals surface area contributed by atoms with Gasteiger partial charge in [0.05, 0.1) is 6.54 Å². The molecule has 1 heterocycles. The maximum absolute atomic E-state index is 13.3. The fraction of sp³-hybridized carbons (Fsp3) is 0.636. The van der Waals surface area contributed by atoms with Crippen molar-refractivity contribution in [2.24, 2.45) is 0 Å². The van der Waals surface area contributed by atoms with Crippen LogP contribution in [-0.4, -0.2) is 46.0 Å². The molecule has 7 heteroatoms. The molecule has 2 amide bonds. The molecule has 1 aliphatic heterocycles. The van der Waals surface area contributed by atoms with Crippen LogP contribution in [0, 0.1) is 0 Å². The summed E-state index contributed by atoms with van der Waals surface area (Å²) in [6.07, 6.45) is 5.71. The number of likely N-dealkylation sites (tertiary alicyclic amines) is 1. The molecule has 1 saturated carbocycles. The zero-order valence-electron chi connectivity index (χ0n) is 17.4. The van der Waals surface area contributed by atoms with Gasteiger partial charge in [0.1, 0.15) is 11.6 Å². The number of rotatable bonds is 4. The van der Waals surface area contributed by atoms with E-state index in [9.17, 15) is 9.59 Å². The van der Waals surface area contributed by atoms with E-state index in [-0.39, 0.29) is 18.5 Å². The molecule has 1 unspecified atom stereocenters. The molecular formula is C22H30Cl2N2O3. The third kappa shape index (κ3) is 5.37. The van der Waals surface area contributed by atoms with Gasteiger partial charge in [0.2, 0.25) is 5.91 Å². The van der Waals surface area contributed by atoms with Gasteiger partial charge in [-0.05, 0) is 52.2 Å². The number of carbonyl (C=O) groups excluding carboxylic acids is 2. The van der Waals surface area contributed by atoms with E-state index in [0.717, 1.165) is 25.7 Å². The van der Waals surface area contributed by atoms with E-state index in [1.807, 2.05) is 25.7 Å². The van der Waals surface area contributed by atoms with Crippen LogP contribution in [0.25, 0.3) is 0 Å². The number of ether oxygens (including phenoxy) is 1. The fourth-order valence-corrected chi connectivity index (χ4v) is 4.72. The fourth-order valence-electron chi connectivity index (χ4n) is 4.21. The number of amides is 2. The van der Waals surface area contributed by atoms with Crippen molar-refractivity contribution in [3.8, 4) is 0 Å². The number of hydrogen-bond donors (Lipinski definition) is 0. The minimum Gasteiger partial charge on any atom is -0.444 e. The molecule has 0 radical (unpaired) electrons. The predicted molar refractivity (Wildman–Crippen MR) is 115 cm³/mol. The highest BCUT2D eigenvalue weighted by Crippen LogP contribution is 2.32. The monoisotopic (exact) mass is 440 g/mol. The summed E-state index contributed by atoms with van der Waals surface area (Å²) in [4.78, 5) is 29.8. The number of carbonyl (C=O) groups is 2. The van der Waals surface area contributed by atoms with Crippen LogP contribution in [0.5, 0.6) is 0 Å². The highest BCUT2D eigenvalue weighted by Gasteiger charge is 2.42. The summed E-state index contributed by atoms with van der Waals surface area (Å²) in [5, 5.41) is 0.946. The quantitative estimate of drug-likeness (QED) is 0.606. The lowest BCUT2D eigenvalue weighted by Crippen LogP contribution is -2.48. The number of hydrogen-bond acceptors (Lipinski definition) is 3. The van der Waals surface area contributed by atoms with Gasteiger partial charge in [-0.15, -0.1) is 0 Å². The lowest BCUT2D eigenvalue weighted by atomic mass is 9.94. The van der Waals surface area contributed by atoms with Crippen molar-refractivity contribution < 1.29 is 14.3 Å². The van der Waals surface area contributed by atoms with Crippen LogP contribution < -0.4 is 0 Å². The molecule has 0 N–H and O–H groups in total. The minimum absolute atomic E-state index is 0.00550. The summed E-state index contributed by atoms with van der Waals surface area (Å²) >= 11 is 12.7. The zero-order chi connectivity index (χ0) is 21.2. The van der Waals surface area contributed by atoms with E-state index >= 15 is 0 Å². The van der Waals surface area contributed by atoms with E-state index in [4.69, 9.17) is 27.9 Å². The van der Waals surface area contributed by atoms with Gasteiger partial charge in [0.15, 0.2) is 0 Å². The van der Waals surface area contributed by atoms with Gasteiger partial charge in [-0.3, -0.25) is 9.69 Å². The summed E-state index contributed by atoms with van der Waals surface area (Å²) in [6.45, 7) is 6.26. The van der Waals surface area contributed by atoms with Crippen LogP contribution in [0.3, 0.4) is 0 Å². The van der Waals surface area contributed by atoms with Gasteiger partial charge in [-0.1, -0.05) is 48.5 Å². The molecule has 0 aromatic heterocycles. The minimum atomic E-state index is -0.662. The van der Waals surface area contributed by atoms with Crippen molar-refractivity contribution in [2.75, 3.05) is 6.54 Å². The van der Waals surface area contributed by atoms with Gasteiger partial charge < -0.3 is 9.64 Å². The molecule has 1 saturated heterocycles. The molecule has 1 aromatic carbocycles. The topological polar surface area (TPSA) is 49.9 Å². The van der Waals surface area contributed by atoms with E-state index in [1.165, 1.54) is 11.3 Å². The van der Waals surface area contributed by atoms with Crippen LogP contribution in [0.4, 0.5) is 4.79 Å². The third-order valence-electron chi connectivity index (χ3n) is 5.62. The van der Waals surface area contributed by atoms with E-state index < -0.39 is 17.7 Å². The molecule has 160 valence electrons. The molecule has 1 aromatic rings. The first-order chi connectivity index (χ1) is 13.7. The van der Waals surface area contributed by atoms with Crippen LogP contribution >= 0.6 is 23.2 Å². The van der Waals surface area contributed by atoms with Crippen LogP contribution in [-0.2, 0) is 16.1 Å². The Labute approximate surface area is 183 Å². The molecule has 5 nitrogen and oxygen atoms in total. The average Bonchev–Trinajstić information content (AvgIpc) is 3.02. The maximum atomic E-state index is 13.3. The highest BCUT2D eigenvalue weighted by molar-refractivity contribution is 6.36. The second-order valence-corrected chi connectivity index (χ2v) is 9.75. The van der Waals surface area contributed by atoms with Crippen LogP contribution in [0.1, 0.15) is 64.9 Å². The summed E-state index contributed by atoms with van der Waals surface area (Å²) in [7, 11) is 0. The second kappa shape index (κ2) is 9.13. The number of benzene rings is 1. The Balaban J connectivity index is 1.84. The van der Waals surface area contributed by atoms with Crippen molar-refractivity contribution in [1.29, 1.82) is 0 Å². The maximum Gasteiger partial charge on any atom is 0.411 e. The van der Waals surface area contributed by atoms with Crippen LogP contribution in [0.2, 0.25) is 10.0 Å². The first kappa shape index (κ1) is 22.2. The molecule has 0 bridgehead atoms. The highest BCUT2D eigenvalue weighted by atomic mass is 35.5. The summed E-state index contributed by atoms with van der Waals surface area (Å²) in [5.74, 6) is 0.00550. The van der Waals surface area contributed by atoms with Crippen LogP contribution in [0.15, 0.2) is 18.2 Å². The third-order valence-corrected chi connectivity index (χ3v) is 6.33. The summed E-state index contributed by atoms with van der Waals surface area (Å²) in [6, 6.07) is 4.96. The molecule has 1 atom stereocenters. The van der Waals surface area contributed by atoms with Gasteiger partial charge >= 0.3 is 6.09 Å². The standard InChI is InChI=1S/C22H30Cl2N2O3/c1-22(2,3)29-21(28)26(14-16-17(23)10-7-11-18(16)24)19-12-13-25(20(19)27)15-8-5-4-6-9-15/h7,10-11,15,19H,4-6,8-9,12-14H2,1-3H3. The first-order valence-electron chi connectivity index (χ1n) is 10.4. The molecular weight excluding hydrogens is 411 g/mol. The van der Waals surface area contributed by atoms with E-state index in [0.29, 0.717) is 28.6 Å². The molecule has 2 fully saturated rings. The Kier molecular flexibility index (Phi) is 7.00. The molecule has 2 aliphatic rings. The Morgan fingerprint density at radius 2 is 1.76 bits per heavy atom. The predicted octanol–water partition coefficient (Wildman–Crippen LogP) is 5.66. The Bertz CT molecular complexity index is 737. The SMILES string of the molecule is CC(C)(C)OC(=O)N(Cc1c(Cl)cccc1Cl)C1CCN(C2CCCCC2)C1=O. The Hall–Kier alpha value is -1.46. The van der Waals surface area contributed by atoms with E-state index in [2.05, 4.69) is 0 Å². The van der Waals surface area contributed by atoms with Crippen molar-refractivity contribution in [1.82, 2.24) is 9.80 Å². The molecule has 0 spiro atoms. The Morgan fingerprint density at radius 1 is 1.14 bits per heavy atom. The number of halogens is 2. The smallest absolute Gasteiger partial charge is 0.411 e. The average molecular weight is 441 g/mol. The largest absolute Gasteiger partial charge is 0.444 e. The molecule has 3 rings (SSSR count). The summed E-state index contributed by atoms with van der Waals surface area (Å²) in [5.41, 5.74) is -0.0322. The molecule has 1 aliphatic carbocycles. The summed E-state index contributed by atoms with van der Waals surface area (Å²) < 4.78 is 5.62. The normalized spacial score (nSPS) is 20.8. The zero-order valence-corrected chi connectivity index (χ0v) is 18.9. The van der Waals surface area contributed by atoms with E-state index in [1.54, 1.807) is 18.2 Å². The van der Waals surface area contributed by atoms with Gasteiger partial charge in [0, 0.05) is 28.2 Å². The van der Waals surface area contributed by atoms with Gasteiger partial charge in [-0.2, -0.15) is 0 Å². The Morgan fingerprint density at radius 3 is 2.34 bits per heavy atom. The number of nitrogens with zero attached hydrogens (tertiary/aromatic N) is 2. The van der Waals surface area contributed by atoms with Gasteiger partial charge in [-0.25, -0.2) is 4.79 Å². The lowest BCUT2D eigenvalue weighted by molar-refractivity contribution is -0.134. The lowest BCUT2D eigenvalue weighted by Gasteiger charge is -2.34. The molecule has 29 heavy (non-hydrogen) atoms. The van der Waals surface area contributed by atoms with Crippen molar-refractivity contribution in [2.45, 2.75) is 83.5 Å². The van der Waals surface area contributed by atoms with Crippen molar-refractivity contribution in [3.63, 3.8) is 0 Å². The second-order valence-electron chi connectivity index (χ2n) is 8.94.